The van der Waals surface area contributed by atoms with Crippen LogP contribution >= 0.6 is 0 Å². The molecule has 0 saturated carbocycles. The van der Waals surface area contributed by atoms with Gasteiger partial charge in [0.1, 0.15) is 0 Å². The predicted molar refractivity (Wildman–Crippen MR) is 105 cm³/mol. The van der Waals surface area contributed by atoms with E-state index >= 15 is 0 Å². The number of carbonyl (C=O) groups is 1. The molecule has 0 spiro atoms. The van der Waals surface area contributed by atoms with Crippen LogP contribution in [0.25, 0.3) is 5.69 Å². The fraction of sp³-hybridized carbons (Fsp3) is 0.200. The number of nitro groups is 1. The lowest BCUT2D eigenvalue weighted by Gasteiger charge is -2.09. The van der Waals surface area contributed by atoms with Crippen LogP contribution < -0.4 is 10.1 Å². The molecule has 0 saturated heterocycles. The molecule has 8 nitrogen and oxygen atoms in total. The molecular weight excluding hydrogens is 360 g/mol. The van der Waals surface area contributed by atoms with E-state index in [1.807, 2.05) is 37.3 Å². The Bertz CT molecular complexity index is 1030. The monoisotopic (exact) mass is 380 g/mol. The first kappa shape index (κ1) is 19.1. The van der Waals surface area contributed by atoms with Gasteiger partial charge < -0.3 is 10.1 Å². The molecule has 1 amide bonds. The fourth-order valence-corrected chi connectivity index (χ4v) is 2.85. The van der Waals surface area contributed by atoms with Gasteiger partial charge in [-0.05, 0) is 44.5 Å². The summed E-state index contributed by atoms with van der Waals surface area (Å²) in [5, 5.41) is 18.4. The van der Waals surface area contributed by atoms with Crippen molar-refractivity contribution in [3.63, 3.8) is 0 Å². The maximum atomic E-state index is 12.4. The fourth-order valence-electron chi connectivity index (χ4n) is 2.85. The summed E-state index contributed by atoms with van der Waals surface area (Å²) in [5.41, 5.74) is 3.54. The van der Waals surface area contributed by atoms with Gasteiger partial charge in [-0.3, -0.25) is 14.9 Å². The van der Waals surface area contributed by atoms with Gasteiger partial charge >= 0.3 is 5.69 Å². The summed E-state index contributed by atoms with van der Waals surface area (Å²) in [7, 11) is 0. The van der Waals surface area contributed by atoms with Crippen LogP contribution in [0.2, 0.25) is 0 Å². The number of benzene rings is 2. The molecule has 1 N–H and O–H groups in total. The Hall–Kier alpha value is -3.68. The van der Waals surface area contributed by atoms with E-state index in [4.69, 9.17) is 4.74 Å². The van der Waals surface area contributed by atoms with Gasteiger partial charge in [-0.2, -0.15) is 5.10 Å². The third-order valence-corrected chi connectivity index (χ3v) is 4.23. The molecule has 0 aliphatic heterocycles. The SMILES string of the molecule is Cc1ccc([N+](=O)[O-])c(OCC(=O)Nc2c(C)nn(-c3ccccc3)c2C)c1. The number of aryl methyl sites for hydroxylation is 2. The van der Waals surface area contributed by atoms with Crippen LogP contribution in [0.15, 0.2) is 48.5 Å². The molecule has 28 heavy (non-hydrogen) atoms. The number of amides is 1. The van der Waals surface area contributed by atoms with Gasteiger partial charge in [0.05, 0.1) is 27.7 Å². The highest BCUT2D eigenvalue weighted by Gasteiger charge is 2.18. The number of para-hydroxylation sites is 1. The molecule has 0 unspecified atom stereocenters. The second kappa shape index (κ2) is 7.91. The number of nitro benzene ring substituents is 1. The van der Waals surface area contributed by atoms with Crippen molar-refractivity contribution < 1.29 is 14.5 Å². The van der Waals surface area contributed by atoms with Gasteiger partial charge in [-0.1, -0.05) is 24.3 Å². The first-order chi connectivity index (χ1) is 13.4. The molecule has 1 aromatic heterocycles. The number of hydrogen-bond acceptors (Lipinski definition) is 5. The average Bonchev–Trinajstić information content (AvgIpc) is 2.95. The molecule has 3 rings (SSSR count). The maximum absolute atomic E-state index is 12.4. The Labute approximate surface area is 161 Å². The predicted octanol–water partition coefficient (Wildman–Crippen LogP) is 3.72. The van der Waals surface area contributed by atoms with E-state index in [2.05, 4.69) is 10.4 Å². The van der Waals surface area contributed by atoms with Crippen LogP contribution in [0, 0.1) is 30.9 Å². The van der Waals surface area contributed by atoms with Gasteiger partial charge in [-0.25, -0.2) is 4.68 Å². The Morgan fingerprint density at radius 1 is 1.18 bits per heavy atom. The molecule has 0 aliphatic rings. The zero-order chi connectivity index (χ0) is 20.3. The highest BCUT2D eigenvalue weighted by Crippen LogP contribution is 2.28. The van der Waals surface area contributed by atoms with E-state index in [1.165, 1.54) is 12.1 Å². The van der Waals surface area contributed by atoms with E-state index in [0.717, 1.165) is 16.9 Å². The molecular formula is C20H20N4O4. The molecule has 0 aliphatic carbocycles. The van der Waals surface area contributed by atoms with E-state index in [9.17, 15) is 14.9 Å². The van der Waals surface area contributed by atoms with Crippen LogP contribution in [-0.2, 0) is 4.79 Å². The maximum Gasteiger partial charge on any atom is 0.310 e. The van der Waals surface area contributed by atoms with E-state index in [-0.39, 0.29) is 18.0 Å². The minimum atomic E-state index is -0.537. The highest BCUT2D eigenvalue weighted by molar-refractivity contribution is 5.93. The van der Waals surface area contributed by atoms with Gasteiger partial charge in [0, 0.05) is 6.07 Å². The van der Waals surface area contributed by atoms with Crippen LogP contribution in [-0.4, -0.2) is 27.2 Å². The second-order valence-corrected chi connectivity index (χ2v) is 6.36. The lowest BCUT2D eigenvalue weighted by atomic mass is 10.2. The third-order valence-electron chi connectivity index (χ3n) is 4.23. The lowest BCUT2D eigenvalue weighted by Crippen LogP contribution is -2.21. The first-order valence-corrected chi connectivity index (χ1v) is 8.66. The van der Waals surface area contributed by atoms with Gasteiger partial charge in [0.2, 0.25) is 0 Å². The number of nitrogens with zero attached hydrogens (tertiary/aromatic N) is 3. The molecule has 0 fully saturated rings. The molecule has 8 heteroatoms. The van der Waals surface area contributed by atoms with Crippen molar-refractivity contribution in [1.82, 2.24) is 9.78 Å². The van der Waals surface area contributed by atoms with E-state index < -0.39 is 10.8 Å². The highest BCUT2D eigenvalue weighted by atomic mass is 16.6. The Kier molecular flexibility index (Phi) is 5.39. The number of ether oxygens (including phenoxy) is 1. The minimum Gasteiger partial charge on any atom is -0.477 e. The van der Waals surface area contributed by atoms with Crippen molar-refractivity contribution in [3.8, 4) is 11.4 Å². The minimum absolute atomic E-state index is 0.0635. The number of carbonyl (C=O) groups excluding carboxylic acids is 1. The summed E-state index contributed by atoms with van der Waals surface area (Å²) in [5.74, 6) is -0.358. The van der Waals surface area contributed by atoms with Crippen molar-refractivity contribution in [2.75, 3.05) is 11.9 Å². The first-order valence-electron chi connectivity index (χ1n) is 8.66. The molecule has 2 aromatic carbocycles. The average molecular weight is 380 g/mol. The van der Waals surface area contributed by atoms with Crippen molar-refractivity contribution in [2.45, 2.75) is 20.8 Å². The lowest BCUT2D eigenvalue weighted by molar-refractivity contribution is -0.385. The standard InChI is InChI=1S/C20H20N4O4/c1-13-9-10-17(24(26)27)18(11-13)28-12-19(25)21-20-14(2)22-23(15(20)3)16-7-5-4-6-8-16/h4-11H,12H2,1-3H3,(H,21,25). The zero-order valence-electron chi connectivity index (χ0n) is 15.8. The van der Waals surface area contributed by atoms with Crippen LogP contribution in [0.1, 0.15) is 17.0 Å². The summed E-state index contributed by atoms with van der Waals surface area (Å²) in [6.45, 7) is 5.10. The Morgan fingerprint density at radius 3 is 2.57 bits per heavy atom. The molecule has 144 valence electrons. The topological polar surface area (TPSA) is 99.3 Å². The second-order valence-electron chi connectivity index (χ2n) is 6.36. The Balaban J connectivity index is 1.74. The largest absolute Gasteiger partial charge is 0.477 e. The molecule has 0 atom stereocenters. The number of anilines is 1. The number of nitrogens with one attached hydrogen (secondary N) is 1. The van der Waals surface area contributed by atoms with Gasteiger partial charge in [-0.15, -0.1) is 0 Å². The molecule has 3 aromatic rings. The summed E-state index contributed by atoms with van der Waals surface area (Å²) in [4.78, 5) is 22.9. The number of rotatable bonds is 6. The normalized spacial score (nSPS) is 10.5. The summed E-state index contributed by atoms with van der Waals surface area (Å²) in [6.07, 6.45) is 0. The van der Waals surface area contributed by atoms with Crippen LogP contribution in [0.4, 0.5) is 11.4 Å². The number of hydrogen-bond donors (Lipinski definition) is 1. The molecule has 0 bridgehead atoms. The third kappa shape index (κ3) is 4.01. The van der Waals surface area contributed by atoms with Crippen LogP contribution in [0.3, 0.4) is 0 Å². The molecule has 1 heterocycles. The zero-order valence-corrected chi connectivity index (χ0v) is 15.8. The molecule has 0 radical (unpaired) electrons. The van der Waals surface area contributed by atoms with Crippen molar-refractivity contribution in [3.05, 3.63) is 75.6 Å². The van der Waals surface area contributed by atoms with E-state index in [0.29, 0.717) is 11.4 Å². The summed E-state index contributed by atoms with van der Waals surface area (Å²) in [6, 6.07) is 14.1. The van der Waals surface area contributed by atoms with Crippen LogP contribution in [0.5, 0.6) is 5.75 Å². The summed E-state index contributed by atoms with van der Waals surface area (Å²) < 4.78 is 7.15. The van der Waals surface area contributed by atoms with Gasteiger partial charge in [0.25, 0.3) is 5.91 Å². The number of aromatic nitrogens is 2. The quantitative estimate of drug-likeness (QED) is 0.519. The van der Waals surface area contributed by atoms with Crippen molar-refractivity contribution in [2.24, 2.45) is 0 Å². The van der Waals surface area contributed by atoms with E-state index in [1.54, 1.807) is 24.6 Å². The smallest absolute Gasteiger partial charge is 0.310 e. The summed E-state index contributed by atoms with van der Waals surface area (Å²) >= 11 is 0. The van der Waals surface area contributed by atoms with Crippen molar-refractivity contribution >= 4 is 17.3 Å². The van der Waals surface area contributed by atoms with Crippen molar-refractivity contribution in [1.29, 1.82) is 0 Å². The Morgan fingerprint density at radius 2 is 1.89 bits per heavy atom. The van der Waals surface area contributed by atoms with Gasteiger partial charge in [0.15, 0.2) is 12.4 Å².